The Hall–Kier alpha value is -2.04. The molecule has 0 aliphatic carbocycles. The fourth-order valence-electron chi connectivity index (χ4n) is 2.62. The van der Waals surface area contributed by atoms with Gasteiger partial charge in [0.25, 0.3) is 5.91 Å². The fraction of sp³-hybridized carbons (Fsp3) is 0.429. The number of aryl methyl sites for hydroxylation is 2. The topological polar surface area (TPSA) is 43.1 Å². The number of carbonyl (C=O) groups excluding carboxylic acids is 1. The van der Waals surface area contributed by atoms with Crippen molar-refractivity contribution in [3.05, 3.63) is 42.0 Å². The number of aromatic nitrogens is 3. The van der Waals surface area contributed by atoms with E-state index in [1.54, 1.807) is 0 Å². The maximum atomic E-state index is 12.4. The SMILES string of the molecule is Cc1cnn(C2CCN(C(=O)c3cccn3C)C2)c1. The summed E-state index contributed by atoms with van der Waals surface area (Å²) < 4.78 is 3.85. The van der Waals surface area contributed by atoms with Gasteiger partial charge in [0.15, 0.2) is 0 Å². The summed E-state index contributed by atoms with van der Waals surface area (Å²) in [6.07, 6.45) is 6.78. The van der Waals surface area contributed by atoms with Crippen LogP contribution in [0.2, 0.25) is 0 Å². The molecule has 1 aliphatic rings. The lowest BCUT2D eigenvalue weighted by Gasteiger charge is -2.17. The van der Waals surface area contributed by atoms with Gasteiger partial charge in [0, 0.05) is 32.5 Å². The first-order valence-electron chi connectivity index (χ1n) is 6.56. The predicted octanol–water partition coefficient (Wildman–Crippen LogP) is 1.62. The molecule has 1 saturated heterocycles. The van der Waals surface area contributed by atoms with Gasteiger partial charge in [-0.3, -0.25) is 9.48 Å². The molecule has 1 atom stereocenters. The minimum atomic E-state index is 0.110. The zero-order valence-corrected chi connectivity index (χ0v) is 11.3. The van der Waals surface area contributed by atoms with Crippen LogP contribution in [0.3, 0.4) is 0 Å². The molecule has 2 aromatic rings. The van der Waals surface area contributed by atoms with E-state index in [0.29, 0.717) is 6.04 Å². The van der Waals surface area contributed by atoms with Crippen molar-refractivity contribution in [2.24, 2.45) is 7.05 Å². The summed E-state index contributed by atoms with van der Waals surface area (Å²) in [6, 6.07) is 4.07. The van der Waals surface area contributed by atoms with Gasteiger partial charge in [0.05, 0.1) is 12.2 Å². The van der Waals surface area contributed by atoms with Crippen LogP contribution < -0.4 is 0 Å². The van der Waals surface area contributed by atoms with E-state index < -0.39 is 0 Å². The Morgan fingerprint density at radius 2 is 2.32 bits per heavy atom. The van der Waals surface area contributed by atoms with E-state index in [-0.39, 0.29) is 5.91 Å². The fourth-order valence-corrected chi connectivity index (χ4v) is 2.62. The van der Waals surface area contributed by atoms with E-state index in [0.717, 1.165) is 30.8 Å². The van der Waals surface area contributed by atoms with Crippen LogP contribution >= 0.6 is 0 Å². The first-order valence-corrected chi connectivity index (χ1v) is 6.56. The van der Waals surface area contributed by atoms with Gasteiger partial charge in [0.2, 0.25) is 0 Å². The quantitative estimate of drug-likeness (QED) is 0.821. The lowest BCUT2D eigenvalue weighted by molar-refractivity contribution is 0.0777. The Balaban J connectivity index is 1.72. The number of hydrogen-bond donors (Lipinski definition) is 0. The number of carbonyl (C=O) groups is 1. The first-order chi connectivity index (χ1) is 9.15. The molecule has 0 spiro atoms. The smallest absolute Gasteiger partial charge is 0.270 e. The number of hydrogen-bond acceptors (Lipinski definition) is 2. The summed E-state index contributed by atoms with van der Waals surface area (Å²) in [6.45, 7) is 3.57. The van der Waals surface area contributed by atoms with Gasteiger partial charge >= 0.3 is 0 Å². The molecular weight excluding hydrogens is 240 g/mol. The monoisotopic (exact) mass is 258 g/mol. The van der Waals surface area contributed by atoms with E-state index in [2.05, 4.69) is 5.10 Å². The Morgan fingerprint density at radius 1 is 1.47 bits per heavy atom. The number of likely N-dealkylation sites (tertiary alicyclic amines) is 1. The van der Waals surface area contributed by atoms with Crippen molar-refractivity contribution < 1.29 is 4.79 Å². The number of nitrogens with zero attached hydrogens (tertiary/aromatic N) is 4. The third kappa shape index (κ3) is 2.16. The van der Waals surface area contributed by atoms with Crippen molar-refractivity contribution in [1.29, 1.82) is 0 Å². The van der Waals surface area contributed by atoms with Gasteiger partial charge in [0.1, 0.15) is 5.69 Å². The second kappa shape index (κ2) is 4.57. The molecule has 2 aromatic heterocycles. The molecule has 0 aromatic carbocycles. The van der Waals surface area contributed by atoms with E-state index >= 15 is 0 Å². The van der Waals surface area contributed by atoms with Crippen molar-refractivity contribution in [2.45, 2.75) is 19.4 Å². The minimum absolute atomic E-state index is 0.110. The average Bonchev–Trinajstić information content (AvgIpc) is 3.07. The highest BCUT2D eigenvalue weighted by molar-refractivity contribution is 5.92. The van der Waals surface area contributed by atoms with Crippen molar-refractivity contribution in [3.63, 3.8) is 0 Å². The zero-order valence-electron chi connectivity index (χ0n) is 11.3. The van der Waals surface area contributed by atoms with Crippen molar-refractivity contribution in [2.75, 3.05) is 13.1 Å². The molecule has 1 aliphatic heterocycles. The van der Waals surface area contributed by atoms with Gasteiger partial charge in [-0.2, -0.15) is 5.10 Å². The molecule has 5 heteroatoms. The van der Waals surface area contributed by atoms with Gasteiger partial charge in [-0.05, 0) is 31.0 Å². The van der Waals surface area contributed by atoms with E-state index in [4.69, 9.17) is 0 Å². The molecule has 100 valence electrons. The second-order valence-electron chi connectivity index (χ2n) is 5.20. The van der Waals surface area contributed by atoms with Crippen LogP contribution in [0.4, 0.5) is 0 Å². The molecule has 0 bridgehead atoms. The van der Waals surface area contributed by atoms with E-state index in [9.17, 15) is 4.79 Å². The highest BCUT2D eigenvalue weighted by Crippen LogP contribution is 2.22. The van der Waals surface area contributed by atoms with Crippen molar-refractivity contribution in [3.8, 4) is 0 Å². The molecule has 1 amide bonds. The van der Waals surface area contributed by atoms with Gasteiger partial charge < -0.3 is 9.47 Å². The largest absolute Gasteiger partial charge is 0.347 e. The molecule has 0 radical (unpaired) electrons. The zero-order chi connectivity index (χ0) is 13.4. The first kappa shape index (κ1) is 12.0. The maximum absolute atomic E-state index is 12.4. The molecule has 0 N–H and O–H groups in total. The highest BCUT2D eigenvalue weighted by Gasteiger charge is 2.29. The molecule has 3 rings (SSSR count). The number of rotatable bonds is 2. The molecule has 5 nitrogen and oxygen atoms in total. The molecule has 19 heavy (non-hydrogen) atoms. The lowest BCUT2D eigenvalue weighted by Crippen LogP contribution is -2.30. The van der Waals surface area contributed by atoms with Gasteiger partial charge in [-0.25, -0.2) is 0 Å². The normalized spacial score (nSPS) is 19.1. The van der Waals surface area contributed by atoms with Crippen molar-refractivity contribution in [1.82, 2.24) is 19.2 Å². The van der Waals surface area contributed by atoms with Crippen LogP contribution in [0, 0.1) is 6.92 Å². The molecular formula is C14H18N4O. The Kier molecular flexibility index (Phi) is 2.89. The van der Waals surface area contributed by atoms with Gasteiger partial charge in [-0.1, -0.05) is 0 Å². The van der Waals surface area contributed by atoms with E-state index in [1.165, 1.54) is 0 Å². The minimum Gasteiger partial charge on any atom is -0.347 e. The summed E-state index contributed by atoms with van der Waals surface area (Å²) in [5.74, 6) is 0.110. The molecule has 1 unspecified atom stereocenters. The summed E-state index contributed by atoms with van der Waals surface area (Å²) in [4.78, 5) is 14.3. The molecule has 1 fully saturated rings. The highest BCUT2D eigenvalue weighted by atomic mass is 16.2. The Labute approximate surface area is 112 Å². The lowest BCUT2D eigenvalue weighted by atomic mass is 10.3. The van der Waals surface area contributed by atoms with Crippen LogP contribution in [-0.2, 0) is 7.05 Å². The van der Waals surface area contributed by atoms with E-state index in [1.807, 2.05) is 58.8 Å². The second-order valence-corrected chi connectivity index (χ2v) is 5.20. The Bertz CT molecular complexity index is 598. The number of amides is 1. The summed E-state index contributed by atoms with van der Waals surface area (Å²) in [7, 11) is 1.90. The molecule has 3 heterocycles. The summed E-state index contributed by atoms with van der Waals surface area (Å²) in [5.41, 5.74) is 1.91. The third-order valence-corrected chi connectivity index (χ3v) is 3.72. The standard InChI is InChI=1S/C14H18N4O/c1-11-8-15-18(9-11)12-5-7-17(10-12)14(19)13-4-3-6-16(13)2/h3-4,6,8-9,12H,5,7,10H2,1-2H3. The van der Waals surface area contributed by atoms with Crippen LogP contribution in [0.25, 0.3) is 0 Å². The van der Waals surface area contributed by atoms with Crippen LogP contribution in [0.5, 0.6) is 0 Å². The third-order valence-electron chi connectivity index (χ3n) is 3.72. The Morgan fingerprint density at radius 3 is 2.95 bits per heavy atom. The van der Waals surface area contributed by atoms with Crippen LogP contribution in [-0.4, -0.2) is 38.2 Å². The average molecular weight is 258 g/mol. The maximum Gasteiger partial charge on any atom is 0.270 e. The molecule has 0 saturated carbocycles. The van der Waals surface area contributed by atoms with Crippen molar-refractivity contribution >= 4 is 5.91 Å². The van der Waals surface area contributed by atoms with Crippen LogP contribution in [0.1, 0.15) is 28.5 Å². The van der Waals surface area contributed by atoms with Crippen LogP contribution in [0.15, 0.2) is 30.7 Å². The summed E-state index contributed by atoms with van der Waals surface area (Å²) in [5, 5.41) is 4.35. The summed E-state index contributed by atoms with van der Waals surface area (Å²) >= 11 is 0. The van der Waals surface area contributed by atoms with Gasteiger partial charge in [-0.15, -0.1) is 0 Å². The predicted molar refractivity (Wildman–Crippen MR) is 71.9 cm³/mol.